The molecule has 14 heteroatoms. The van der Waals surface area contributed by atoms with Gasteiger partial charge in [0.2, 0.25) is 5.91 Å². The van der Waals surface area contributed by atoms with Crippen molar-refractivity contribution in [3.63, 3.8) is 0 Å². The van der Waals surface area contributed by atoms with Gasteiger partial charge < -0.3 is 25.7 Å². The molecular weight excluding hydrogens is 494 g/mol. The van der Waals surface area contributed by atoms with Crippen LogP contribution in [0.5, 0.6) is 5.75 Å². The number of hydrogen-bond acceptors (Lipinski definition) is 8. The van der Waals surface area contributed by atoms with Crippen molar-refractivity contribution in [2.24, 2.45) is 0 Å². The topological polar surface area (TPSA) is 177 Å². The number of rotatable bonds is 6. The quantitative estimate of drug-likeness (QED) is 0.278. The molecule has 0 radical (unpaired) electrons. The van der Waals surface area contributed by atoms with Crippen LogP contribution in [0.1, 0.15) is 18.5 Å². The number of nitrogens with zero attached hydrogens (tertiary/aromatic N) is 3. The molecule has 190 valence electrons. The molecule has 4 N–H and O–H groups in total. The molecule has 3 atom stereocenters. The number of phenols is 1. The summed E-state index contributed by atoms with van der Waals surface area (Å²) < 4.78 is 0. The zero-order valence-corrected chi connectivity index (χ0v) is 19.9. The number of fused-ring (bicyclic) bond motifs is 1. The van der Waals surface area contributed by atoms with Gasteiger partial charge >= 0.3 is 23.8 Å². The van der Waals surface area contributed by atoms with Crippen molar-refractivity contribution < 1.29 is 39.0 Å². The number of carbonyl (C=O) groups is 6. The molecule has 4 rings (SSSR count). The van der Waals surface area contributed by atoms with Crippen molar-refractivity contribution in [2.75, 3.05) is 25.4 Å². The lowest BCUT2D eigenvalue weighted by molar-refractivity contribution is -0.153. The van der Waals surface area contributed by atoms with Crippen LogP contribution in [-0.2, 0) is 24.0 Å². The molecule has 0 aromatic heterocycles. The highest BCUT2D eigenvalue weighted by Gasteiger charge is 2.53. The van der Waals surface area contributed by atoms with E-state index in [0.29, 0.717) is 17.2 Å². The van der Waals surface area contributed by atoms with Crippen molar-refractivity contribution >= 4 is 47.4 Å². The molecule has 2 unspecified atom stereocenters. The lowest BCUT2D eigenvalue weighted by Crippen LogP contribution is -2.70. The molecule has 36 heavy (non-hydrogen) atoms. The van der Waals surface area contributed by atoms with E-state index < -0.39 is 53.1 Å². The van der Waals surface area contributed by atoms with Crippen LogP contribution in [-0.4, -0.2) is 97.3 Å². The summed E-state index contributed by atoms with van der Waals surface area (Å²) in [5.41, 5.74) is 0.0858. The van der Waals surface area contributed by atoms with Gasteiger partial charge in [-0.2, -0.15) is 0 Å². The summed E-state index contributed by atoms with van der Waals surface area (Å²) in [6, 6.07) is 1.99. The molecule has 1 aromatic rings. The predicted octanol–water partition coefficient (Wildman–Crippen LogP) is -0.798. The molecule has 3 aliphatic heterocycles. The van der Waals surface area contributed by atoms with E-state index in [4.69, 9.17) is 0 Å². The van der Waals surface area contributed by atoms with Crippen LogP contribution in [0.25, 0.3) is 0 Å². The number of aromatic hydroxyl groups is 1. The number of benzene rings is 1. The van der Waals surface area contributed by atoms with E-state index in [1.807, 2.05) is 0 Å². The molecule has 0 aliphatic carbocycles. The molecular formula is C22H23N5O8S. The van der Waals surface area contributed by atoms with E-state index in [1.54, 1.807) is 6.92 Å². The number of hydrogen-bond donors (Lipinski definition) is 4. The Bertz CT molecular complexity index is 1170. The van der Waals surface area contributed by atoms with Crippen molar-refractivity contribution in [1.82, 2.24) is 25.3 Å². The fourth-order valence-electron chi connectivity index (χ4n) is 4.11. The highest BCUT2D eigenvalue weighted by molar-refractivity contribution is 8.00. The van der Waals surface area contributed by atoms with E-state index in [1.165, 1.54) is 47.0 Å². The van der Waals surface area contributed by atoms with Gasteiger partial charge in [-0.05, 0) is 30.7 Å². The third-order valence-electron chi connectivity index (χ3n) is 6.06. The Hall–Kier alpha value is -4.07. The third kappa shape index (κ3) is 4.46. The van der Waals surface area contributed by atoms with E-state index in [-0.39, 0.29) is 30.1 Å². The van der Waals surface area contributed by atoms with E-state index >= 15 is 0 Å². The Morgan fingerprint density at radius 3 is 2.44 bits per heavy atom. The summed E-state index contributed by atoms with van der Waals surface area (Å²) >= 11 is 1.27. The minimum absolute atomic E-state index is 0.0623. The number of carbonyl (C=O) groups excluding carboxylic acids is 5. The highest BCUT2D eigenvalue weighted by atomic mass is 32.2. The first-order chi connectivity index (χ1) is 17.1. The molecule has 0 saturated carbocycles. The number of carboxylic acids is 1. The van der Waals surface area contributed by atoms with Gasteiger partial charge in [0.1, 0.15) is 28.9 Å². The number of carboxylic acid groups (broad SMARTS) is 1. The second kappa shape index (κ2) is 9.89. The first-order valence-corrected chi connectivity index (χ1v) is 12.1. The van der Waals surface area contributed by atoms with E-state index in [0.717, 1.165) is 4.90 Å². The Kier molecular flexibility index (Phi) is 6.88. The highest BCUT2D eigenvalue weighted by Crippen LogP contribution is 2.37. The number of imide groups is 1. The van der Waals surface area contributed by atoms with E-state index in [9.17, 15) is 39.0 Å². The maximum Gasteiger partial charge on any atom is 0.352 e. The Balaban J connectivity index is 1.52. The molecule has 1 aromatic carbocycles. The van der Waals surface area contributed by atoms with Crippen molar-refractivity contribution in [1.29, 1.82) is 0 Å². The Morgan fingerprint density at radius 1 is 1.11 bits per heavy atom. The maximum atomic E-state index is 13.3. The fraction of sp³-hybridized carbons (Fsp3) is 0.364. The zero-order valence-electron chi connectivity index (χ0n) is 19.0. The third-order valence-corrected chi connectivity index (χ3v) is 7.24. The number of phenolic OH excluding ortho intramolecular Hbond substituents is 1. The first kappa shape index (κ1) is 25.0. The maximum absolute atomic E-state index is 13.3. The lowest BCUT2D eigenvalue weighted by Gasteiger charge is -2.48. The van der Waals surface area contributed by atoms with Crippen LogP contribution in [0.3, 0.4) is 0 Å². The number of β-lactam (4-membered cyclic amide) rings is 1. The average molecular weight is 518 g/mol. The summed E-state index contributed by atoms with van der Waals surface area (Å²) in [6.45, 7) is 2.10. The minimum atomic E-state index is -1.38. The number of urea groups is 1. The van der Waals surface area contributed by atoms with Crippen LogP contribution in [0.15, 0.2) is 36.0 Å². The molecule has 2 fully saturated rings. The van der Waals surface area contributed by atoms with Crippen molar-refractivity contribution in [3.05, 3.63) is 41.6 Å². The minimum Gasteiger partial charge on any atom is -0.508 e. The van der Waals surface area contributed by atoms with Crippen LogP contribution < -0.4 is 10.6 Å². The van der Waals surface area contributed by atoms with Crippen molar-refractivity contribution in [3.8, 4) is 5.75 Å². The number of amides is 6. The fourth-order valence-corrected chi connectivity index (χ4v) is 5.31. The second-order valence-electron chi connectivity index (χ2n) is 8.13. The number of aliphatic carboxylic acids is 1. The van der Waals surface area contributed by atoms with Gasteiger partial charge in [0.25, 0.3) is 5.91 Å². The van der Waals surface area contributed by atoms with Crippen molar-refractivity contribution in [2.45, 2.75) is 24.4 Å². The standard InChI is InChI=1S/C22H23N5O8S/c1-2-25-8-9-26(19(32)18(25)31)22(35)24-14(11-3-5-12(28)6-4-11)16(29)23-15-17(30)27-13(21(33)34)7-10-36-20(15)27/h3-7,14-15,20,28H,2,8-10H2,1H3,(H,23,29)(H,24,35)(H,33,34)/t14-,15?,20?/m1/s1. The largest absolute Gasteiger partial charge is 0.508 e. The Morgan fingerprint density at radius 2 is 1.81 bits per heavy atom. The molecule has 13 nitrogen and oxygen atoms in total. The summed E-state index contributed by atoms with van der Waals surface area (Å²) in [6.07, 6.45) is 1.41. The molecule has 3 heterocycles. The molecule has 6 amide bonds. The number of piperazine rings is 1. The summed E-state index contributed by atoms with van der Waals surface area (Å²) in [5.74, 6) is -4.26. The SMILES string of the molecule is CCN1CCN(C(=O)N[C@@H](C(=O)NC2C(=O)N3C(C(=O)O)=CCSC23)c2ccc(O)cc2)C(=O)C1=O. The second-order valence-corrected chi connectivity index (χ2v) is 9.28. The predicted molar refractivity (Wildman–Crippen MR) is 124 cm³/mol. The van der Waals surface area contributed by atoms with Gasteiger partial charge in [-0.25, -0.2) is 9.59 Å². The van der Waals surface area contributed by atoms with E-state index in [2.05, 4.69) is 10.6 Å². The number of likely N-dealkylation sites (N-methyl/N-ethyl adjacent to an activating group) is 1. The van der Waals surface area contributed by atoms with Gasteiger partial charge in [0.05, 0.1) is 0 Å². The summed E-state index contributed by atoms with van der Waals surface area (Å²) in [7, 11) is 0. The molecule has 2 saturated heterocycles. The zero-order chi connectivity index (χ0) is 26.1. The summed E-state index contributed by atoms with van der Waals surface area (Å²) in [5, 5.41) is 23.3. The first-order valence-electron chi connectivity index (χ1n) is 11.0. The lowest BCUT2D eigenvalue weighted by atomic mass is 10.0. The van der Waals surface area contributed by atoms with Crippen LogP contribution in [0, 0.1) is 0 Å². The van der Waals surface area contributed by atoms with Crippen LogP contribution >= 0.6 is 11.8 Å². The molecule has 3 aliphatic rings. The monoisotopic (exact) mass is 517 g/mol. The van der Waals surface area contributed by atoms with Gasteiger partial charge in [-0.3, -0.25) is 29.0 Å². The number of thioether (sulfide) groups is 1. The molecule has 0 bridgehead atoms. The van der Waals surface area contributed by atoms with Gasteiger partial charge in [0, 0.05) is 25.4 Å². The van der Waals surface area contributed by atoms with Gasteiger partial charge in [0.15, 0.2) is 0 Å². The number of nitrogens with one attached hydrogen (secondary N) is 2. The van der Waals surface area contributed by atoms with Crippen LogP contribution in [0.4, 0.5) is 4.79 Å². The van der Waals surface area contributed by atoms with Crippen LogP contribution in [0.2, 0.25) is 0 Å². The Labute approximate surface area is 209 Å². The van der Waals surface area contributed by atoms with Gasteiger partial charge in [-0.1, -0.05) is 12.1 Å². The smallest absolute Gasteiger partial charge is 0.352 e. The summed E-state index contributed by atoms with van der Waals surface area (Å²) in [4.78, 5) is 77.9. The average Bonchev–Trinajstić information content (AvgIpc) is 2.87. The normalized spacial score (nSPS) is 22.3. The van der Waals surface area contributed by atoms with Gasteiger partial charge in [-0.15, -0.1) is 11.8 Å². The molecule has 0 spiro atoms.